The van der Waals surface area contributed by atoms with Gasteiger partial charge in [-0.3, -0.25) is 9.69 Å². The molecule has 0 saturated carbocycles. The van der Waals surface area contributed by atoms with Gasteiger partial charge in [0.1, 0.15) is 6.04 Å². The summed E-state index contributed by atoms with van der Waals surface area (Å²) < 4.78 is 0. The van der Waals surface area contributed by atoms with Gasteiger partial charge in [-0.2, -0.15) is 0 Å². The van der Waals surface area contributed by atoms with Crippen molar-refractivity contribution in [1.82, 2.24) is 5.32 Å². The molecule has 2 N–H and O–H groups in total. The third-order valence-corrected chi connectivity index (χ3v) is 2.81. The Hall–Kier alpha value is -2.04. The Morgan fingerprint density at radius 2 is 2.06 bits per heavy atom. The summed E-state index contributed by atoms with van der Waals surface area (Å²) in [7, 11) is 0. The SMILES string of the molecule is O=C1NCCCC1N(C(=O)O)c1ccccc1. The van der Waals surface area contributed by atoms with Crippen LogP contribution in [0.25, 0.3) is 0 Å². The summed E-state index contributed by atoms with van der Waals surface area (Å²) in [6, 6.07) is 8.08. The minimum absolute atomic E-state index is 0.220. The van der Waals surface area contributed by atoms with Crippen LogP contribution >= 0.6 is 0 Å². The van der Waals surface area contributed by atoms with Gasteiger partial charge in [-0.05, 0) is 25.0 Å². The number of carboxylic acid groups (broad SMARTS) is 1. The molecule has 2 amide bonds. The molecule has 1 aromatic carbocycles. The topological polar surface area (TPSA) is 69.6 Å². The van der Waals surface area contributed by atoms with E-state index in [1.807, 2.05) is 6.07 Å². The lowest BCUT2D eigenvalue weighted by molar-refractivity contribution is -0.123. The molecule has 1 atom stereocenters. The lowest BCUT2D eigenvalue weighted by atomic mass is 10.0. The number of hydrogen-bond donors (Lipinski definition) is 2. The first-order valence-electron chi connectivity index (χ1n) is 5.55. The van der Waals surface area contributed by atoms with E-state index < -0.39 is 12.1 Å². The van der Waals surface area contributed by atoms with E-state index in [2.05, 4.69) is 5.32 Å². The molecule has 1 aliphatic heterocycles. The number of piperidine rings is 1. The molecule has 5 nitrogen and oxygen atoms in total. The molecule has 17 heavy (non-hydrogen) atoms. The molecule has 1 aromatic rings. The molecule has 1 fully saturated rings. The number of anilines is 1. The van der Waals surface area contributed by atoms with Gasteiger partial charge < -0.3 is 10.4 Å². The van der Waals surface area contributed by atoms with E-state index >= 15 is 0 Å². The van der Waals surface area contributed by atoms with Crippen LogP contribution in [0, 0.1) is 0 Å². The zero-order chi connectivity index (χ0) is 12.3. The van der Waals surface area contributed by atoms with E-state index in [0.717, 1.165) is 11.3 Å². The average Bonchev–Trinajstić information content (AvgIpc) is 2.33. The molecule has 1 saturated heterocycles. The third-order valence-electron chi connectivity index (χ3n) is 2.81. The second-order valence-electron chi connectivity index (χ2n) is 3.94. The van der Waals surface area contributed by atoms with Crippen molar-refractivity contribution in [3.05, 3.63) is 30.3 Å². The number of nitrogens with zero attached hydrogens (tertiary/aromatic N) is 1. The number of nitrogens with one attached hydrogen (secondary N) is 1. The summed E-state index contributed by atoms with van der Waals surface area (Å²) in [6.07, 6.45) is 0.262. The number of para-hydroxylation sites is 1. The van der Waals surface area contributed by atoms with E-state index in [9.17, 15) is 14.7 Å². The molecule has 0 radical (unpaired) electrons. The van der Waals surface area contributed by atoms with Crippen molar-refractivity contribution in [3.63, 3.8) is 0 Å². The second kappa shape index (κ2) is 4.86. The highest BCUT2D eigenvalue weighted by atomic mass is 16.4. The maximum Gasteiger partial charge on any atom is 0.412 e. The van der Waals surface area contributed by atoms with E-state index in [1.165, 1.54) is 0 Å². The Bertz CT molecular complexity index is 419. The second-order valence-corrected chi connectivity index (χ2v) is 3.94. The molecule has 0 bridgehead atoms. The normalized spacial score (nSPS) is 19.5. The van der Waals surface area contributed by atoms with Crippen LogP contribution in [-0.2, 0) is 4.79 Å². The van der Waals surface area contributed by atoms with Crippen molar-refractivity contribution < 1.29 is 14.7 Å². The molecular weight excluding hydrogens is 220 g/mol. The Morgan fingerprint density at radius 3 is 2.65 bits per heavy atom. The first-order valence-corrected chi connectivity index (χ1v) is 5.55. The van der Waals surface area contributed by atoms with Gasteiger partial charge in [-0.25, -0.2) is 4.79 Å². The number of benzene rings is 1. The van der Waals surface area contributed by atoms with Crippen LogP contribution < -0.4 is 10.2 Å². The van der Waals surface area contributed by atoms with Gasteiger partial charge in [0, 0.05) is 12.2 Å². The van der Waals surface area contributed by atoms with E-state index in [4.69, 9.17) is 0 Å². The van der Waals surface area contributed by atoms with Crippen molar-refractivity contribution in [2.24, 2.45) is 0 Å². The minimum Gasteiger partial charge on any atom is -0.465 e. The third kappa shape index (κ3) is 2.38. The lowest BCUT2D eigenvalue weighted by Gasteiger charge is -2.31. The highest BCUT2D eigenvalue weighted by Gasteiger charge is 2.32. The maximum absolute atomic E-state index is 11.7. The van der Waals surface area contributed by atoms with Gasteiger partial charge in [0.25, 0.3) is 0 Å². The molecule has 0 aliphatic carbocycles. The van der Waals surface area contributed by atoms with Gasteiger partial charge in [0.05, 0.1) is 0 Å². The molecule has 1 aliphatic rings. The fourth-order valence-corrected chi connectivity index (χ4v) is 2.01. The predicted octanol–water partition coefficient (Wildman–Crippen LogP) is 1.45. The van der Waals surface area contributed by atoms with Crippen molar-refractivity contribution in [1.29, 1.82) is 0 Å². The quantitative estimate of drug-likeness (QED) is 0.813. The predicted molar refractivity (Wildman–Crippen MR) is 63.0 cm³/mol. The first kappa shape index (κ1) is 11.4. The van der Waals surface area contributed by atoms with E-state index in [-0.39, 0.29) is 5.91 Å². The minimum atomic E-state index is -1.10. The zero-order valence-electron chi connectivity index (χ0n) is 9.30. The summed E-state index contributed by atoms with van der Waals surface area (Å²) in [5, 5.41) is 11.9. The fraction of sp³-hybridized carbons (Fsp3) is 0.333. The molecule has 1 heterocycles. The van der Waals surface area contributed by atoms with Crippen molar-refractivity contribution in [2.45, 2.75) is 18.9 Å². The average molecular weight is 234 g/mol. The summed E-state index contributed by atoms with van der Waals surface area (Å²) in [6.45, 7) is 0.623. The first-order chi connectivity index (χ1) is 8.20. The Labute approximate surface area is 99.0 Å². The molecular formula is C12H14N2O3. The van der Waals surface area contributed by atoms with Gasteiger partial charge in [-0.15, -0.1) is 0 Å². The van der Waals surface area contributed by atoms with Crippen LogP contribution in [0.2, 0.25) is 0 Å². The van der Waals surface area contributed by atoms with Crippen molar-refractivity contribution in [3.8, 4) is 0 Å². The largest absolute Gasteiger partial charge is 0.465 e. The number of carbonyl (C=O) groups is 2. The molecule has 5 heteroatoms. The van der Waals surface area contributed by atoms with Crippen LogP contribution in [-0.4, -0.2) is 29.7 Å². The Morgan fingerprint density at radius 1 is 1.35 bits per heavy atom. The summed E-state index contributed by atoms with van der Waals surface area (Å²) >= 11 is 0. The van der Waals surface area contributed by atoms with Crippen LogP contribution in [0.5, 0.6) is 0 Å². The maximum atomic E-state index is 11.7. The van der Waals surface area contributed by atoms with Crippen LogP contribution in [0.15, 0.2) is 30.3 Å². The Kier molecular flexibility index (Phi) is 3.27. The number of hydrogen-bond acceptors (Lipinski definition) is 2. The van der Waals surface area contributed by atoms with Crippen LogP contribution in [0.3, 0.4) is 0 Å². The molecule has 1 unspecified atom stereocenters. The van der Waals surface area contributed by atoms with Crippen molar-refractivity contribution in [2.75, 3.05) is 11.4 Å². The highest BCUT2D eigenvalue weighted by molar-refractivity contribution is 5.96. The van der Waals surface area contributed by atoms with Gasteiger partial charge >= 0.3 is 6.09 Å². The number of carbonyl (C=O) groups excluding carboxylic acids is 1. The van der Waals surface area contributed by atoms with E-state index in [1.54, 1.807) is 24.3 Å². The molecule has 0 aromatic heterocycles. The Balaban J connectivity index is 2.29. The smallest absolute Gasteiger partial charge is 0.412 e. The molecule has 0 spiro atoms. The summed E-state index contributed by atoms with van der Waals surface area (Å²) in [4.78, 5) is 24.1. The monoisotopic (exact) mass is 234 g/mol. The fourth-order valence-electron chi connectivity index (χ4n) is 2.01. The zero-order valence-corrected chi connectivity index (χ0v) is 9.30. The van der Waals surface area contributed by atoms with Crippen molar-refractivity contribution >= 4 is 17.7 Å². The standard InChI is InChI=1S/C12H14N2O3/c15-11-10(7-4-8-13-11)14(12(16)17)9-5-2-1-3-6-9/h1-3,5-6,10H,4,7-8H2,(H,13,15)(H,16,17). The van der Waals surface area contributed by atoms with Crippen LogP contribution in [0.1, 0.15) is 12.8 Å². The van der Waals surface area contributed by atoms with E-state index in [0.29, 0.717) is 18.7 Å². The van der Waals surface area contributed by atoms with Gasteiger partial charge in [-0.1, -0.05) is 18.2 Å². The van der Waals surface area contributed by atoms with Gasteiger partial charge in [0.2, 0.25) is 5.91 Å². The number of amides is 2. The molecule has 2 rings (SSSR count). The molecule has 90 valence electrons. The van der Waals surface area contributed by atoms with Crippen LogP contribution in [0.4, 0.5) is 10.5 Å². The van der Waals surface area contributed by atoms with Gasteiger partial charge in [0.15, 0.2) is 0 Å². The summed E-state index contributed by atoms with van der Waals surface area (Å²) in [5.41, 5.74) is 0.530. The summed E-state index contributed by atoms with van der Waals surface area (Å²) in [5.74, 6) is -0.220. The highest BCUT2D eigenvalue weighted by Crippen LogP contribution is 2.21. The lowest BCUT2D eigenvalue weighted by Crippen LogP contribution is -2.52. The number of rotatable bonds is 2.